The maximum atomic E-state index is 4.16. The van der Waals surface area contributed by atoms with Crippen LogP contribution < -0.4 is 5.32 Å². The Morgan fingerprint density at radius 3 is 2.54 bits per heavy atom. The maximum absolute atomic E-state index is 4.16. The zero-order valence-corrected chi connectivity index (χ0v) is 8.54. The first-order valence-corrected chi connectivity index (χ1v) is 4.75. The SMILES string of the molecule is CCC(C)CNc1ncc(C)cn1. The first-order chi connectivity index (χ1) is 6.22. The zero-order chi connectivity index (χ0) is 9.68. The summed E-state index contributed by atoms with van der Waals surface area (Å²) in [5.41, 5.74) is 1.09. The molecular formula is C10H17N3. The summed E-state index contributed by atoms with van der Waals surface area (Å²) in [6.07, 6.45) is 4.83. The first kappa shape index (κ1) is 9.96. The van der Waals surface area contributed by atoms with Crippen molar-refractivity contribution >= 4 is 5.95 Å². The Kier molecular flexibility index (Phi) is 3.68. The number of hydrogen-bond donors (Lipinski definition) is 1. The van der Waals surface area contributed by atoms with Gasteiger partial charge in [-0.15, -0.1) is 0 Å². The lowest BCUT2D eigenvalue weighted by molar-refractivity contribution is 0.591. The lowest BCUT2D eigenvalue weighted by atomic mass is 10.1. The van der Waals surface area contributed by atoms with E-state index in [1.54, 1.807) is 0 Å². The highest BCUT2D eigenvalue weighted by molar-refractivity contribution is 5.23. The van der Waals surface area contributed by atoms with Crippen LogP contribution in [0, 0.1) is 12.8 Å². The molecule has 0 spiro atoms. The van der Waals surface area contributed by atoms with Gasteiger partial charge in [-0.2, -0.15) is 0 Å². The molecule has 0 amide bonds. The van der Waals surface area contributed by atoms with Crippen molar-refractivity contribution in [2.24, 2.45) is 5.92 Å². The molecule has 1 aromatic rings. The molecule has 0 bridgehead atoms. The molecule has 0 aliphatic heterocycles. The Bertz CT molecular complexity index is 243. The fourth-order valence-electron chi connectivity index (χ4n) is 0.894. The molecular weight excluding hydrogens is 162 g/mol. The van der Waals surface area contributed by atoms with Gasteiger partial charge in [-0.25, -0.2) is 9.97 Å². The van der Waals surface area contributed by atoms with E-state index in [0.717, 1.165) is 18.1 Å². The standard InChI is InChI=1S/C10H17N3/c1-4-8(2)5-11-10-12-6-9(3)7-13-10/h6-8H,4-5H2,1-3H3,(H,11,12,13). The Morgan fingerprint density at radius 2 is 2.00 bits per heavy atom. The zero-order valence-electron chi connectivity index (χ0n) is 8.54. The van der Waals surface area contributed by atoms with Crippen molar-refractivity contribution in [1.82, 2.24) is 9.97 Å². The minimum atomic E-state index is 0.671. The van der Waals surface area contributed by atoms with Crippen molar-refractivity contribution in [3.05, 3.63) is 18.0 Å². The predicted molar refractivity (Wildman–Crippen MR) is 54.7 cm³/mol. The van der Waals surface area contributed by atoms with Gasteiger partial charge in [-0.3, -0.25) is 0 Å². The molecule has 0 aliphatic carbocycles. The summed E-state index contributed by atoms with van der Waals surface area (Å²) in [5, 5.41) is 3.20. The Labute approximate surface area is 79.6 Å². The summed E-state index contributed by atoms with van der Waals surface area (Å²) < 4.78 is 0. The summed E-state index contributed by atoms with van der Waals surface area (Å²) >= 11 is 0. The molecule has 3 heteroatoms. The summed E-state index contributed by atoms with van der Waals surface area (Å²) in [7, 11) is 0. The fourth-order valence-corrected chi connectivity index (χ4v) is 0.894. The quantitative estimate of drug-likeness (QED) is 0.770. The van der Waals surface area contributed by atoms with Gasteiger partial charge >= 0.3 is 0 Å². The first-order valence-electron chi connectivity index (χ1n) is 4.75. The second-order valence-electron chi connectivity index (χ2n) is 3.48. The number of aromatic nitrogens is 2. The third-order valence-electron chi connectivity index (χ3n) is 2.09. The van der Waals surface area contributed by atoms with Gasteiger partial charge in [0.05, 0.1) is 0 Å². The van der Waals surface area contributed by atoms with Gasteiger partial charge < -0.3 is 5.32 Å². The van der Waals surface area contributed by atoms with Crippen LogP contribution in [-0.4, -0.2) is 16.5 Å². The van der Waals surface area contributed by atoms with Gasteiger partial charge in [0.1, 0.15) is 0 Å². The fraction of sp³-hybridized carbons (Fsp3) is 0.600. The summed E-state index contributed by atoms with van der Waals surface area (Å²) in [6, 6.07) is 0. The number of anilines is 1. The highest BCUT2D eigenvalue weighted by Gasteiger charge is 1.99. The lowest BCUT2D eigenvalue weighted by Gasteiger charge is -2.09. The summed E-state index contributed by atoms with van der Waals surface area (Å²) in [5.74, 6) is 1.40. The van der Waals surface area contributed by atoms with Gasteiger partial charge in [0, 0.05) is 18.9 Å². The van der Waals surface area contributed by atoms with Gasteiger partial charge in [0.2, 0.25) is 5.95 Å². The van der Waals surface area contributed by atoms with E-state index >= 15 is 0 Å². The van der Waals surface area contributed by atoms with Crippen LogP contribution in [0.3, 0.4) is 0 Å². The molecule has 13 heavy (non-hydrogen) atoms. The van der Waals surface area contributed by atoms with E-state index in [-0.39, 0.29) is 0 Å². The van der Waals surface area contributed by atoms with Crippen molar-refractivity contribution in [3.8, 4) is 0 Å². The smallest absolute Gasteiger partial charge is 0.222 e. The molecule has 72 valence electrons. The van der Waals surface area contributed by atoms with Gasteiger partial charge in [0.15, 0.2) is 0 Å². The second-order valence-corrected chi connectivity index (χ2v) is 3.48. The third kappa shape index (κ3) is 3.40. The van der Waals surface area contributed by atoms with E-state index < -0.39 is 0 Å². The van der Waals surface area contributed by atoms with E-state index in [4.69, 9.17) is 0 Å². The minimum Gasteiger partial charge on any atom is -0.354 e. The van der Waals surface area contributed by atoms with Crippen LogP contribution in [0.5, 0.6) is 0 Å². The Balaban J connectivity index is 2.41. The average molecular weight is 179 g/mol. The van der Waals surface area contributed by atoms with E-state index in [2.05, 4.69) is 29.1 Å². The van der Waals surface area contributed by atoms with Crippen LogP contribution in [0.4, 0.5) is 5.95 Å². The van der Waals surface area contributed by atoms with E-state index in [0.29, 0.717) is 5.92 Å². The largest absolute Gasteiger partial charge is 0.354 e. The van der Waals surface area contributed by atoms with E-state index in [9.17, 15) is 0 Å². The monoisotopic (exact) mass is 179 g/mol. The number of rotatable bonds is 4. The molecule has 1 atom stereocenters. The molecule has 0 saturated heterocycles. The highest BCUT2D eigenvalue weighted by atomic mass is 15.1. The Hall–Kier alpha value is -1.12. The molecule has 1 aromatic heterocycles. The van der Waals surface area contributed by atoms with Crippen molar-refractivity contribution in [1.29, 1.82) is 0 Å². The summed E-state index contributed by atoms with van der Waals surface area (Å²) in [4.78, 5) is 8.32. The highest BCUT2D eigenvalue weighted by Crippen LogP contribution is 2.03. The minimum absolute atomic E-state index is 0.671. The molecule has 3 nitrogen and oxygen atoms in total. The van der Waals surface area contributed by atoms with Crippen LogP contribution in [0.2, 0.25) is 0 Å². The third-order valence-corrected chi connectivity index (χ3v) is 2.09. The molecule has 1 heterocycles. The molecule has 1 N–H and O–H groups in total. The Morgan fingerprint density at radius 1 is 1.38 bits per heavy atom. The maximum Gasteiger partial charge on any atom is 0.222 e. The van der Waals surface area contributed by atoms with Crippen LogP contribution in [0.25, 0.3) is 0 Å². The molecule has 0 saturated carbocycles. The van der Waals surface area contributed by atoms with Crippen molar-refractivity contribution in [2.75, 3.05) is 11.9 Å². The molecule has 0 aromatic carbocycles. The molecule has 0 aliphatic rings. The molecule has 0 fully saturated rings. The molecule has 1 unspecified atom stereocenters. The topological polar surface area (TPSA) is 37.8 Å². The van der Waals surface area contributed by atoms with E-state index in [1.165, 1.54) is 6.42 Å². The number of aryl methyl sites for hydroxylation is 1. The van der Waals surface area contributed by atoms with Gasteiger partial charge in [-0.1, -0.05) is 20.3 Å². The lowest BCUT2D eigenvalue weighted by Crippen LogP contribution is -2.12. The second kappa shape index (κ2) is 4.80. The van der Waals surface area contributed by atoms with Gasteiger partial charge in [0.25, 0.3) is 0 Å². The van der Waals surface area contributed by atoms with Crippen molar-refractivity contribution in [3.63, 3.8) is 0 Å². The van der Waals surface area contributed by atoms with E-state index in [1.807, 2.05) is 19.3 Å². The molecule has 0 radical (unpaired) electrons. The van der Waals surface area contributed by atoms with Crippen LogP contribution in [0.1, 0.15) is 25.8 Å². The predicted octanol–water partition coefficient (Wildman–Crippen LogP) is 2.24. The number of nitrogens with one attached hydrogen (secondary N) is 1. The molecule has 1 rings (SSSR count). The van der Waals surface area contributed by atoms with Gasteiger partial charge in [-0.05, 0) is 18.4 Å². The normalized spacial score (nSPS) is 12.5. The average Bonchev–Trinajstić information content (AvgIpc) is 2.16. The number of nitrogens with zero attached hydrogens (tertiary/aromatic N) is 2. The van der Waals surface area contributed by atoms with Crippen LogP contribution in [0.15, 0.2) is 12.4 Å². The van der Waals surface area contributed by atoms with Crippen LogP contribution in [-0.2, 0) is 0 Å². The number of hydrogen-bond acceptors (Lipinski definition) is 3. The summed E-state index contributed by atoms with van der Waals surface area (Å²) in [6.45, 7) is 7.32. The van der Waals surface area contributed by atoms with Crippen LogP contribution >= 0.6 is 0 Å². The van der Waals surface area contributed by atoms with Crippen molar-refractivity contribution in [2.45, 2.75) is 27.2 Å². The van der Waals surface area contributed by atoms with Crippen molar-refractivity contribution < 1.29 is 0 Å².